The minimum atomic E-state index is -0.413. The maximum atomic E-state index is 12.7. The van der Waals surface area contributed by atoms with Crippen LogP contribution >= 0.6 is 24.8 Å². The number of hydrogen-bond donors (Lipinski definition) is 1. The molecule has 3 saturated heterocycles. The van der Waals surface area contributed by atoms with Crippen LogP contribution in [0.1, 0.15) is 38.5 Å². The first-order valence-corrected chi connectivity index (χ1v) is 10.3. The SMILES string of the molecule is Cl.Cl.NC(C(=O)N1CCN(CC(=O)N2CCCCCC2)CC1)C1CCOCC1. The molecule has 3 aliphatic rings. The Morgan fingerprint density at radius 2 is 1.43 bits per heavy atom. The summed E-state index contributed by atoms with van der Waals surface area (Å²) < 4.78 is 5.36. The topological polar surface area (TPSA) is 79.1 Å². The number of carbonyl (C=O) groups excluding carboxylic acids is 2. The summed E-state index contributed by atoms with van der Waals surface area (Å²) in [7, 11) is 0. The molecule has 3 heterocycles. The lowest BCUT2D eigenvalue weighted by molar-refractivity contribution is -0.137. The van der Waals surface area contributed by atoms with Crippen LogP contribution in [0.2, 0.25) is 0 Å². The number of likely N-dealkylation sites (tertiary alicyclic amines) is 1. The molecular weight excluding hydrogens is 403 g/mol. The summed E-state index contributed by atoms with van der Waals surface area (Å²) in [4.78, 5) is 31.3. The maximum absolute atomic E-state index is 12.7. The van der Waals surface area contributed by atoms with Gasteiger partial charge in [0.15, 0.2) is 0 Å². The largest absolute Gasteiger partial charge is 0.381 e. The van der Waals surface area contributed by atoms with Crippen LogP contribution in [0, 0.1) is 5.92 Å². The number of hydrogen-bond acceptors (Lipinski definition) is 5. The Labute approximate surface area is 181 Å². The highest BCUT2D eigenvalue weighted by Gasteiger charge is 2.32. The Morgan fingerprint density at radius 1 is 0.857 bits per heavy atom. The number of ether oxygens (including phenoxy) is 1. The van der Waals surface area contributed by atoms with Crippen LogP contribution in [-0.4, -0.2) is 91.6 Å². The van der Waals surface area contributed by atoms with E-state index in [2.05, 4.69) is 4.90 Å². The van der Waals surface area contributed by atoms with Crippen molar-refractivity contribution in [2.75, 3.05) is 59.0 Å². The molecule has 7 nitrogen and oxygen atoms in total. The van der Waals surface area contributed by atoms with Crippen molar-refractivity contribution < 1.29 is 14.3 Å². The average molecular weight is 439 g/mol. The summed E-state index contributed by atoms with van der Waals surface area (Å²) in [6, 6.07) is -0.413. The van der Waals surface area contributed by atoms with Gasteiger partial charge in [-0.15, -0.1) is 24.8 Å². The van der Waals surface area contributed by atoms with Gasteiger partial charge in [-0.2, -0.15) is 0 Å². The molecule has 0 aromatic heterocycles. The number of piperazine rings is 1. The molecule has 0 bridgehead atoms. The van der Waals surface area contributed by atoms with Crippen LogP contribution in [-0.2, 0) is 14.3 Å². The molecular formula is C19H36Cl2N4O3. The van der Waals surface area contributed by atoms with E-state index in [0.29, 0.717) is 32.8 Å². The molecule has 1 unspecified atom stereocenters. The molecule has 28 heavy (non-hydrogen) atoms. The first kappa shape index (κ1) is 25.4. The van der Waals surface area contributed by atoms with Gasteiger partial charge in [0.05, 0.1) is 12.6 Å². The summed E-state index contributed by atoms with van der Waals surface area (Å²) in [6.45, 7) is 6.54. The number of rotatable bonds is 4. The molecule has 3 fully saturated rings. The average Bonchev–Trinajstić information content (AvgIpc) is 2.98. The van der Waals surface area contributed by atoms with Gasteiger partial charge < -0.3 is 20.3 Å². The Balaban J connectivity index is 0.00000196. The second-order valence-electron chi connectivity index (χ2n) is 7.87. The molecule has 0 spiro atoms. The van der Waals surface area contributed by atoms with E-state index in [1.54, 1.807) is 0 Å². The zero-order chi connectivity index (χ0) is 18.4. The number of nitrogens with two attached hydrogens (primary N) is 1. The van der Waals surface area contributed by atoms with Gasteiger partial charge in [-0.1, -0.05) is 12.8 Å². The monoisotopic (exact) mass is 438 g/mol. The van der Waals surface area contributed by atoms with E-state index in [0.717, 1.165) is 51.9 Å². The smallest absolute Gasteiger partial charge is 0.239 e. The molecule has 1 atom stereocenters. The van der Waals surface area contributed by atoms with Crippen LogP contribution < -0.4 is 5.73 Å². The quantitative estimate of drug-likeness (QED) is 0.711. The van der Waals surface area contributed by atoms with E-state index in [1.165, 1.54) is 12.8 Å². The molecule has 3 aliphatic heterocycles. The molecule has 0 aromatic rings. The zero-order valence-electron chi connectivity index (χ0n) is 16.7. The molecule has 0 radical (unpaired) electrons. The third-order valence-electron chi connectivity index (χ3n) is 6.06. The molecule has 2 N–H and O–H groups in total. The minimum Gasteiger partial charge on any atom is -0.381 e. The highest BCUT2D eigenvalue weighted by Crippen LogP contribution is 2.19. The Kier molecular flexibility index (Phi) is 11.7. The van der Waals surface area contributed by atoms with Crippen molar-refractivity contribution in [2.45, 2.75) is 44.6 Å². The van der Waals surface area contributed by atoms with E-state index >= 15 is 0 Å². The first-order chi connectivity index (χ1) is 12.6. The Hall–Kier alpha value is -0.600. The van der Waals surface area contributed by atoms with Gasteiger partial charge in [0.1, 0.15) is 0 Å². The van der Waals surface area contributed by atoms with Crippen molar-refractivity contribution in [3.05, 3.63) is 0 Å². The van der Waals surface area contributed by atoms with Crippen molar-refractivity contribution in [3.63, 3.8) is 0 Å². The fourth-order valence-electron chi connectivity index (χ4n) is 4.23. The van der Waals surface area contributed by atoms with Crippen molar-refractivity contribution in [1.29, 1.82) is 0 Å². The number of nitrogens with zero attached hydrogens (tertiary/aromatic N) is 3. The van der Waals surface area contributed by atoms with E-state index in [4.69, 9.17) is 10.5 Å². The predicted octanol–water partition coefficient (Wildman–Crippen LogP) is 1.13. The molecule has 2 amide bonds. The fraction of sp³-hybridized carbons (Fsp3) is 0.895. The third kappa shape index (κ3) is 7.02. The molecule has 0 aliphatic carbocycles. The summed E-state index contributed by atoms with van der Waals surface area (Å²) in [5, 5.41) is 0. The second kappa shape index (κ2) is 12.9. The molecule has 0 aromatic carbocycles. The third-order valence-corrected chi connectivity index (χ3v) is 6.06. The summed E-state index contributed by atoms with van der Waals surface area (Å²) >= 11 is 0. The maximum Gasteiger partial charge on any atom is 0.239 e. The van der Waals surface area contributed by atoms with Crippen LogP contribution in [0.25, 0.3) is 0 Å². The highest BCUT2D eigenvalue weighted by molar-refractivity contribution is 5.85. The Bertz CT molecular complexity index is 476. The lowest BCUT2D eigenvalue weighted by atomic mass is 9.91. The normalized spacial score (nSPS) is 23.2. The highest BCUT2D eigenvalue weighted by atomic mass is 35.5. The van der Waals surface area contributed by atoms with Gasteiger partial charge in [0.25, 0.3) is 0 Å². The van der Waals surface area contributed by atoms with Crippen molar-refractivity contribution in [2.24, 2.45) is 11.7 Å². The van der Waals surface area contributed by atoms with Crippen molar-refractivity contribution in [3.8, 4) is 0 Å². The summed E-state index contributed by atoms with van der Waals surface area (Å²) in [6.07, 6.45) is 6.46. The van der Waals surface area contributed by atoms with Crippen molar-refractivity contribution >= 4 is 36.6 Å². The second-order valence-corrected chi connectivity index (χ2v) is 7.87. The molecule has 9 heteroatoms. The first-order valence-electron chi connectivity index (χ1n) is 10.3. The molecule has 3 rings (SSSR count). The van der Waals surface area contributed by atoms with E-state index < -0.39 is 6.04 Å². The van der Waals surface area contributed by atoms with Gasteiger partial charge in [0.2, 0.25) is 11.8 Å². The van der Waals surface area contributed by atoms with Gasteiger partial charge in [-0.25, -0.2) is 0 Å². The van der Waals surface area contributed by atoms with E-state index in [-0.39, 0.29) is 42.5 Å². The van der Waals surface area contributed by atoms with Gasteiger partial charge in [-0.3, -0.25) is 14.5 Å². The summed E-state index contributed by atoms with van der Waals surface area (Å²) in [5.41, 5.74) is 6.23. The van der Waals surface area contributed by atoms with E-state index in [1.807, 2.05) is 9.80 Å². The minimum absolute atomic E-state index is 0. The van der Waals surface area contributed by atoms with Crippen LogP contribution in [0.3, 0.4) is 0 Å². The molecule has 0 saturated carbocycles. The number of carbonyl (C=O) groups is 2. The predicted molar refractivity (Wildman–Crippen MR) is 114 cm³/mol. The van der Waals surface area contributed by atoms with Crippen LogP contribution in [0.4, 0.5) is 0 Å². The lowest BCUT2D eigenvalue weighted by Gasteiger charge is -2.38. The number of halogens is 2. The van der Waals surface area contributed by atoms with Crippen molar-refractivity contribution in [1.82, 2.24) is 14.7 Å². The van der Waals surface area contributed by atoms with Gasteiger partial charge >= 0.3 is 0 Å². The lowest BCUT2D eigenvalue weighted by Crippen LogP contribution is -2.56. The van der Waals surface area contributed by atoms with Gasteiger partial charge in [-0.05, 0) is 31.6 Å². The number of amides is 2. The van der Waals surface area contributed by atoms with E-state index in [9.17, 15) is 9.59 Å². The van der Waals surface area contributed by atoms with Gasteiger partial charge in [0, 0.05) is 52.5 Å². The standard InChI is InChI=1S/C19H34N4O3.2ClH/c20-18(16-5-13-26-14-6-16)19(25)23-11-9-21(10-12-23)15-17(24)22-7-3-1-2-4-8-22;;/h16,18H,1-15,20H2;2*1H. The van der Waals surface area contributed by atoms with Crippen LogP contribution in [0.5, 0.6) is 0 Å². The van der Waals surface area contributed by atoms with Crippen LogP contribution in [0.15, 0.2) is 0 Å². The fourth-order valence-corrected chi connectivity index (χ4v) is 4.23. The summed E-state index contributed by atoms with van der Waals surface area (Å²) in [5.74, 6) is 0.542. The zero-order valence-corrected chi connectivity index (χ0v) is 18.4. The Morgan fingerprint density at radius 3 is 2.00 bits per heavy atom. The molecule has 164 valence electrons.